The Balaban J connectivity index is 1.80. The zero-order valence-electron chi connectivity index (χ0n) is 11.9. The number of fused-ring (bicyclic) bond motifs is 2. The number of ether oxygens (including phenoxy) is 3. The van der Waals surface area contributed by atoms with E-state index in [1.165, 1.54) is 6.33 Å². The molecule has 2 aliphatic heterocycles. The predicted octanol–water partition coefficient (Wildman–Crippen LogP) is 2.53. The van der Waals surface area contributed by atoms with Crippen LogP contribution in [0.1, 0.15) is 20.1 Å². The van der Waals surface area contributed by atoms with Crippen LogP contribution in [0.25, 0.3) is 11.0 Å². The molecule has 0 aliphatic carbocycles. The molecule has 0 unspecified atom stereocenters. The summed E-state index contributed by atoms with van der Waals surface area (Å²) in [7, 11) is 0. The minimum absolute atomic E-state index is 0.336. The van der Waals surface area contributed by atoms with Crippen molar-refractivity contribution >= 4 is 22.6 Å². The summed E-state index contributed by atoms with van der Waals surface area (Å²) in [6.07, 6.45) is 2.76. The zero-order valence-corrected chi connectivity index (χ0v) is 12.7. The minimum Gasteiger partial charge on any atom is -0.512 e. The van der Waals surface area contributed by atoms with E-state index in [-0.39, 0.29) is 0 Å². The van der Waals surface area contributed by atoms with Gasteiger partial charge in [0, 0.05) is 6.20 Å². The maximum absolute atomic E-state index is 9.38. The number of hydrogen-bond donors (Lipinski definition) is 1. The number of nitrogens with zero attached hydrogens (tertiary/aromatic N) is 3. The molecule has 4 rings (SSSR count). The van der Waals surface area contributed by atoms with Crippen molar-refractivity contribution in [3.05, 3.63) is 35.8 Å². The lowest BCUT2D eigenvalue weighted by molar-refractivity contribution is -0.174. The van der Waals surface area contributed by atoms with E-state index in [0.717, 1.165) is 11.6 Å². The molecule has 3 atom stereocenters. The van der Waals surface area contributed by atoms with Crippen LogP contribution in [0.5, 0.6) is 0 Å². The summed E-state index contributed by atoms with van der Waals surface area (Å²) in [6.45, 7) is 3.65. The van der Waals surface area contributed by atoms with Crippen LogP contribution in [-0.2, 0) is 14.2 Å². The van der Waals surface area contributed by atoms with Crippen LogP contribution in [-0.4, -0.2) is 37.6 Å². The van der Waals surface area contributed by atoms with Gasteiger partial charge in [-0.15, -0.1) is 0 Å². The second-order valence-corrected chi connectivity index (χ2v) is 6.04. The molecule has 2 aromatic heterocycles. The first kappa shape index (κ1) is 13.8. The van der Waals surface area contributed by atoms with Gasteiger partial charge in [-0.1, -0.05) is 11.6 Å². The number of aliphatic hydroxyl groups is 1. The van der Waals surface area contributed by atoms with E-state index in [2.05, 4.69) is 9.97 Å². The fraction of sp³-hybridized carbons (Fsp3) is 0.429. The van der Waals surface area contributed by atoms with Crippen molar-refractivity contribution in [3.63, 3.8) is 0 Å². The third-order valence-electron chi connectivity index (χ3n) is 3.81. The Morgan fingerprint density at radius 2 is 2.18 bits per heavy atom. The molecule has 0 aromatic carbocycles. The molecule has 4 heterocycles. The van der Waals surface area contributed by atoms with Gasteiger partial charge in [-0.25, -0.2) is 9.97 Å². The molecule has 0 spiro atoms. The van der Waals surface area contributed by atoms with E-state index in [0.29, 0.717) is 16.6 Å². The number of halogens is 1. The lowest BCUT2D eigenvalue weighted by atomic mass is 10.2. The molecule has 116 valence electrons. The molecule has 0 bridgehead atoms. The molecule has 8 heteroatoms. The summed E-state index contributed by atoms with van der Waals surface area (Å²) in [5.41, 5.74) is 0.635. The van der Waals surface area contributed by atoms with Crippen LogP contribution in [0.4, 0.5) is 0 Å². The van der Waals surface area contributed by atoms with E-state index in [9.17, 15) is 5.11 Å². The molecule has 1 N–H and O–H groups in total. The Morgan fingerprint density at radius 1 is 1.36 bits per heavy atom. The molecule has 2 saturated heterocycles. The van der Waals surface area contributed by atoms with Gasteiger partial charge in [-0.05, 0) is 19.9 Å². The molecule has 0 radical (unpaired) electrons. The Morgan fingerprint density at radius 3 is 2.95 bits per heavy atom. The van der Waals surface area contributed by atoms with Crippen molar-refractivity contribution in [2.75, 3.05) is 0 Å². The van der Waals surface area contributed by atoms with Gasteiger partial charge in [0.1, 0.15) is 23.4 Å². The third-order valence-corrected chi connectivity index (χ3v) is 4.11. The molecule has 0 amide bonds. The molecule has 2 aliphatic rings. The van der Waals surface area contributed by atoms with Gasteiger partial charge >= 0.3 is 0 Å². The highest BCUT2D eigenvalue weighted by Crippen LogP contribution is 2.45. The molecular formula is C14H14ClN3O4. The first-order valence-electron chi connectivity index (χ1n) is 6.84. The second-order valence-electron chi connectivity index (χ2n) is 5.69. The quantitative estimate of drug-likeness (QED) is 0.642. The van der Waals surface area contributed by atoms with Crippen molar-refractivity contribution in [2.24, 2.45) is 0 Å². The summed E-state index contributed by atoms with van der Waals surface area (Å²) in [5.74, 6) is -0.413. The van der Waals surface area contributed by atoms with Crippen molar-refractivity contribution < 1.29 is 19.3 Å². The minimum atomic E-state index is -0.749. The lowest BCUT2D eigenvalue weighted by Crippen LogP contribution is -2.27. The van der Waals surface area contributed by atoms with Crippen molar-refractivity contribution in [3.8, 4) is 0 Å². The number of aliphatic hydroxyl groups excluding tert-OH is 1. The Hall–Kier alpha value is -1.83. The average Bonchev–Trinajstić information content (AvgIpc) is 3.10. The average molecular weight is 324 g/mol. The number of hydrogen-bond acceptors (Lipinski definition) is 6. The maximum Gasteiger partial charge on any atom is 0.206 e. The fourth-order valence-corrected chi connectivity index (χ4v) is 3.15. The van der Waals surface area contributed by atoms with E-state index in [4.69, 9.17) is 25.8 Å². The monoisotopic (exact) mass is 323 g/mol. The van der Waals surface area contributed by atoms with Crippen LogP contribution in [0, 0.1) is 0 Å². The van der Waals surface area contributed by atoms with Gasteiger partial charge in [-0.3, -0.25) is 4.57 Å². The predicted molar refractivity (Wildman–Crippen MR) is 77.2 cm³/mol. The molecular weight excluding hydrogens is 310 g/mol. The number of aromatic nitrogens is 3. The van der Waals surface area contributed by atoms with Crippen LogP contribution in [0.15, 0.2) is 30.6 Å². The van der Waals surface area contributed by atoms with Crippen LogP contribution in [0.3, 0.4) is 0 Å². The van der Waals surface area contributed by atoms with Gasteiger partial charge in [0.2, 0.25) is 6.23 Å². The maximum atomic E-state index is 9.38. The third kappa shape index (κ3) is 1.89. The summed E-state index contributed by atoms with van der Waals surface area (Å²) in [4.78, 5) is 8.22. The highest BCUT2D eigenvalue weighted by molar-refractivity contribution is 6.33. The Kier molecular flexibility index (Phi) is 2.87. The molecule has 2 aromatic rings. The highest BCUT2D eigenvalue weighted by Gasteiger charge is 2.54. The van der Waals surface area contributed by atoms with Gasteiger partial charge in [0.05, 0.1) is 5.39 Å². The summed E-state index contributed by atoms with van der Waals surface area (Å²) >= 11 is 6.08. The van der Waals surface area contributed by atoms with Gasteiger partial charge < -0.3 is 19.3 Å². The first-order valence-corrected chi connectivity index (χ1v) is 7.21. The van der Waals surface area contributed by atoms with E-state index in [1.807, 2.05) is 30.7 Å². The Labute approximate surface area is 131 Å². The molecule has 7 nitrogen and oxygen atoms in total. The lowest BCUT2D eigenvalue weighted by Gasteiger charge is -2.23. The van der Waals surface area contributed by atoms with Crippen LogP contribution in [0.2, 0.25) is 5.15 Å². The number of rotatable bonds is 1. The largest absolute Gasteiger partial charge is 0.512 e. The molecule has 22 heavy (non-hydrogen) atoms. The van der Waals surface area contributed by atoms with Crippen molar-refractivity contribution in [1.82, 2.24) is 14.5 Å². The van der Waals surface area contributed by atoms with Gasteiger partial charge in [0.25, 0.3) is 0 Å². The second kappa shape index (κ2) is 4.58. The summed E-state index contributed by atoms with van der Waals surface area (Å²) < 4.78 is 19.3. The van der Waals surface area contributed by atoms with E-state index >= 15 is 0 Å². The van der Waals surface area contributed by atoms with Crippen molar-refractivity contribution in [1.29, 1.82) is 0 Å². The van der Waals surface area contributed by atoms with E-state index < -0.39 is 24.2 Å². The van der Waals surface area contributed by atoms with Gasteiger partial charge in [-0.2, -0.15) is 0 Å². The topological polar surface area (TPSA) is 78.6 Å². The van der Waals surface area contributed by atoms with Crippen LogP contribution < -0.4 is 0 Å². The summed E-state index contributed by atoms with van der Waals surface area (Å²) in [5, 5.41) is 10.5. The fourth-order valence-electron chi connectivity index (χ4n) is 2.96. The smallest absolute Gasteiger partial charge is 0.206 e. The van der Waals surface area contributed by atoms with Crippen molar-refractivity contribution in [2.45, 2.75) is 38.1 Å². The normalized spacial score (nSPS) is 31.6. The summed E-state index contributed by atoms with van der Waals surface area (Å²) in [6, 6.07) is 1.82. The van der Waals surface area contributed by atoms with E-state index in [1.54, 1.807) is 0 Å². The highest BCUT2D eigenvalue weighted by atomic mass is 35.5. The molecule has 2 fully saturated rings. The van der Waals surface area contributed by atoms with Gasteiger partial charge in [0.15, 0.2) is 23.8 Å². The standard InChI is InChI=1S/C14H14ClN3O4/c1-14(2)21-9-8(5-19)20-13(10(9)22-14)18-4-3-7-11(15)16-6-17-12(7)18/h3-6,9-10,13,19H,1-2H3/b8-5+/t9-,10-,13-/m1/s1. The van der Waals surface area contributed by atoms with Crippen LogP contribution >= 0.6 is 11.6 Å². The SMILES string of the molecule is CC1(C)O[C@@H]2[C@H](O1)/C(=C\O)O[C@H]2n1ccc2c(Cl)ncnc21. The zero-order chi connectivity index (χ0) is 15.5. The Bertz CT molecular complexity index is 773. The molecule has 0 saturated carbocycles. The first-order chi connectivity index (χ1) is 10.5.